The number of thiophene rings is 1. The smallest absolute Gasteiger partial charge is 0.410 e. The van der Waals surface area contributed by atoms with Crippen molar-refractivity contribution in [3.8, 4) is 11.5 Å². The Morgan fingerprint density at radius 1 is 1.00 bits per heavy atom. The van der Waals surface area contributed by atoms with Crippen LogP contribution in [-0.4, -0.2) is 52.9 Å². The maximum Gasteiger partial charge on any atom is 0.410 e. The second-order valence-electron chi connectivity index (χ2n) is 11.8. The van der Waals surface area contributed by atoms with E-state index in [9.17, 15) is 9.59 Å². The highest BCUT2D eigenvalue weighted by Gasteiger charge is 2.27. The molecule has 44 heavy (non-hydrogen) atoms. The van der Waals surface area contributed by atoms with E-state index < -0.39 is 5.60 Å². The predicted octanol–water partition coefficient (Wildman–Crippen LogP) is 7.39. The molecule has 0 unspecified atom stereocenters. The van der Waals surface area contributed by atoms with Gasteiger partial charge in [0.05, 0.1) is 16.8 Å². The van der Waals surface area contributed by atoms with Crippen molar-refractivity contribution in [3.63, 3.8) is 0 Å². The maximum atomic E-state index is 13.3. The molecule has 1 fully saturated rings. The molecule has 234 valence electrons. The van der Waals surface area contributed by atoms with Crippen LogP contribution in [0.2, 0.25) is 0 Å². The number of ether oxygens (including phenoxy) is 4. The summed E-state index contributed by atoms with van der Waals surface area (Å²) in [5, 5.41) is 5.13. The standard InChI is InChI=1S/C34H41N3O6S/c1-6-40-21-23-8-7-9-28(35-32(38)30-20-31-29(36(30)5)16-19-44-31)27(23)22-41-24-10-12-25(13-11-24)42-26-14-17-37(18-15-26)33(39)43-34(2,3)4/h7-13,16,19-20,26H,6,14-15,17-18,21-22H2,1-5H3,(H,35,38). The number of carbonyl (C=O) groups excluding carboxylic acids is 2. The molecule has 3 heterocycles. The number of likely N-dealkylation sites (tertiary alicyclic amines) is 1. The molecule has 0 bridgehead atoms. The quantitative estimate of drug-likeness (QED) is 0.199. The van der Waals surface area contributed by atoms with E-state index in [1.54, 1.807) is 16.2 Å². The molecule has 0 atom stereocenters. The normalized spacial score (nSPS) is 14.1. The van der Waals surface area contributed by atoms with Crippen LogP contribution in [0, 0.1) is 0 Å². The average Bonchev–Trinajstić information content (AvgIpc) is 3.58. The summed E-state index contributed by atoms with van der Waals surface area (Å²) in [5.41, 5.74) is 3.63. The Bertz CT molecular complexity index is 1580. The highest BCUT2D eigenvalue weighted by molar-refractivity contribution is 7.17. The number of amides is 2. The van der Waals surface area contributed by atoms with Crippen LogP contribution in [0.3, 0.4) is 0 Å². The third-order valence-corrected chi connectivity index (χ3v) is 8.34. The van der Waals surface area contributed by atoms with E-state index in [1.165, 1.54) is 0 Å². The van der Waals surface area contributed by atoms with E-state index in [1.807, 2.05) is 99.3 Å². The van der Waals surface area contributed by atoms with Crippen molar-refractivity contribution in [1.29, 1.82) is 0 Å². The number of fused-ring (bicyclic) bond motifs is 1. The first-order valence-corrected chi connectivity index (χ1v) is 15.9. The molecule has 2 amide bonds. The maximum absolute atomic E-state index is 13.3. The van der Waals surface area contributed by atoms with E-state index in [-0.39, 0.29) is 24.7 Å². The van der Waals surface area contributed by atoms with Gasteiger partial charge in [-0.1, -0.05) is 12.1 Å². The van der Waals surface area contributed by atoms with E-state index in [0.717, 1.165) is 39.9 Å². The lowest BCUT2D eigenvalue weighted by atomic mass is 10.1. The summed E-state index contributed by atoms with van der Waals surface area (Å²) < 4.78 is 26.6. The van der Waals surface area contributed by atoms with Crippen molar-refractivity contribution in [3.05, 3.63) is 76.8 Å². The Balaban J connectivity index is 1.20. The second kappa shape index (κ2) is 13.7. The molecule has 4 aromatic rings. The van der Waals surface area contributed by atoms with E-state index >= 15 is 0 Å². The number of nitrogens with zero attached hydrogens (tertiary/aromatic N) is 2. The van der Waals surface area contributed by atoms with E-state index in [0.29, 0.717) is 43.4 Å². The molecule has 1 aliphatic heterocycles. The Labute approximate surface area is 262 Å². The van der Waals surface area contributed by atoms with Crippen LogP contribution in [0.15, 0.2) is 60.0 Å². The Hall–Kier alpha value is -4.02. The highest BCUT2D eigenvalue weighted by atomic mass is 32.1. The van der Waals surface area contributed by atoms with Crippen LogP contribution in [0.5, 0.6) is 11.5 Å². The summed E-state index contributed by atoms with van der Waals surface area (Å²) in [7, 11) is 1.90. The molecule has 1 aliphatic rings. The van der Waals surface area contributed by atoms with Crippen molar-refractivity contribution >= 4 is 39.2 Å². The van der Waals surface area contributed by atoms with E-state index in [2.05, 4.69) is 5.32 Å². The largest absolute Gasteiger partial charge is 0.490 e. The molecular formula is C34H41N3O6S. The Morgan fingerprint density at radius 2 is 1.73 bits per heavy atom. The lowest BCUT2D eigenvalue weighted by Gasteiger charge is -2.33. The average molecular weight is 620 g/mol. The van der Waals surface area contributed by atoms with Gasteiger partial charge in [0.1, 0.15) is 35.5 Å². The fourth-order valence-electron chi connectivity index (χ4n) is 5.17. The topological polar surface area (TPSA) is 91.3 Å². The molecule has 0 saturated carbocycles. The third-order valence-electron chi connectivity index (χ3n) is 7.48. The number of hydrogen-bond acceptors (Lipinski definition) is 7. The van der Waals surface area contributed by atoms with Crippen LogP contribution >= 0.6 is 11.3 Å². The number of anilines is 1. The summed E-state index contributed by atoms with van der Waals surface area (Å²) >= 11 is 1.61. The molecular weight excluding hydrogens is 578 g/mol. The number of nitrogens with one attached hydrogen (secondary N) is 1. The van der Waals surface area contributed by atoms with Crippen LogP contribution in [0.4, 0.5) is 10.5 Å². The molecule has 9 nitrogen and oxygen atoms in total. The first-order chi connectivity index (χ1) is 21.1. The van der Waals surface area contributed by atoms with Crippen molar-refractivity contribution in [2.45, 2.75) is 65.5 Å². The molecule has 5 rings (SSSR count). The minimum Gasteiger partial charge on any atom is -0.490 e. The van der Waals surface area contributed by atoms with Gasteiger partial charge in [-0.3, -0.25) is 4.79 Å². The number of aryl methyl sites for hydroxylation is 1. The van der Waals surface area contributed by atoms with Crippen LogP contribution in [-0.2, 0) is 29.7 Å². The van der Waals surface area contributed by atoms with Crippen molar-refractivity contribution in [2.75, 3.05) is 25.0 Å². The summed E-state index contributed by atoms with van der Waals surface area (Å²) in [6, 6.07) is 17.3. The zero-order chi connectivity index (χ0) is 31.3. The number of rotatable bonds is 10. The second-order valence-corrected chi connectivity index (χ2v) is 12.8. The van der Waals surface area contributed by atoms with E-state index in [4.69, 9.17) is 18.9 Å². The minimum atomic E-state index is -0.506. The first kappa shape index (κ1) is 31.4. The van der Waals surface area contributed by atoms with Gasteiger partial charge in [-0.25, -0.2) is 4.79 Å². The number of hydrogen-bond donors (Lipinski definition) is 1. The van der Waals surface area contributed by atoms with Gasteiger partial charge in [0.15, 0.2) is 0 Å². The third kappa shape index (κ3) is 7.73. The summed E-state index contributed by atoms with van der Waals surface area (Å²) in [6.07, 6.45) is 1.23. The van der Waals surface area contributed by atoms with Gasteiger partial charge >= 0.3 is 6.09 Å². The Kier molecular flexibility index (Phi) is 9.80. The van der Waals surface area contributed by atoms with Gasteiger partial charge in [-0.05, 0) is 81.1 Å². The lowest BCUT2D eigenvalue weighted by Crippen LogP contribution is -2.44. The fraction of sp³-hybridized carbons (Fsp3) is 0.412. The van der Waals surface area contributed by atoms with Gasteiger partial charge in [-0.2, -0.15) is 0 Å². The molecule has 10 heteroatoms. The van der Waals surface area contributed by atoms with Crippen molar-refractivity contribution < 1.29 is 28.5 Å². The van der Waals surface area contributed by atoms with Crippen molar-refractivity contribution in [1.82, 2.24) is 9.47 Å². The number of benzene rings is 2. The number of carbonyl (C=O) groups is 2. The zero-order valence-electron chi connectivity index (χ0n) is 26.1. The van der Waals surface area contributed by atoms with Gasteiger partial charge < -0.3 is 33.7 Å². The predicted molar refractivity (Wildman–Crippen MR) is 173 cm³/mol. The number of piperidine rings is 1. The fourth-order valence-corrected chi connectivity index (χ4v) is 6.02. The van der Waals surface area contributed by atoms with Gasteiger partial charge in [-0.15, -0.1) is 11.3 Å². The van der Waals surface area contributed by atoms with Crippen LogP contribution in [0.25, 0.3) is 10.2 Å². The number of aromatic nitrogens is 1. The van der Waals surface area contributed by atoms with Crippen LogP contribution in [0.1, 0.15) is 62.2 Å². The highest BCUT2D eigenvalue weighted by Crippen LogP contribution is 2.28. The molecule has 0 aliphatic carbocycles. The van der Waals surface area contributed by atoms with Crippen molar-refractivity contribution in [2.24, 2.45) is 7.05 Å². The zero-order valence-corrected chi connectivity index (χ0v) is 26.9. The lowest BCUT2D eigenvalue weighted by molar-refractivity contribution is 0.0126. The molecule has 2 aromatic carbocycles. The first-order valence-electron chi connectivity index (χ1n) is 15.0. The summed E-state index contributed by atoms with van der Waals surface area (Å²) in [4.78, 5) is 27.4. The SMILES string of the molecule is CCOCc1cccc(NC(=O)c2cc3sccc3n2C)c1COc1ccc(OC2CCN(C(=O)OC(C)(C)C)CC2)cc1. The monoisotopic (exact) mass is 619 g/mol. The van der Waals surface area contributed by atoms with Gasteiger partial charge in [0.2, 0.25) is 0 Å². The molecule has 0 radical (unpaired) electrons. The minimum absolute atomic E-state index is 0.0251. The molecule has 1 N–H and O–H groups in total. The summed E-state index contributed by atoms with van der Waals surface area (Å²) in [6.45, 7) is 10.0. The molecule has 2 aromatic heterocycles. The van der Waals surface area contributed by atoms with Gasteiger partial charge in [0.25, 0.3) is 5.91 Å². The Morgan fingerprint density at radius 3 is 2.41 bits per heavy atom. The van der Waals surface area contributed by atoms with Crippen LogP contribution < -0.4 is 14.8 Å². The summed E-state index contributed by atoms with van der Waals surface area (Å²) in [5.74, 6) is 1.26. The molecule has 0 spiro atoms. The van der Waals surface area contributed by atoms with Gasteiger partial charge in [0, 0.05) is 50.8 Å². The molecule has 1 saturated heterocycles.